The topological polar surface area (TPSA) is 310 Å². The quantitative estimate of drug-likeness (QED) is 0.0203. The van der Waals surface area contributed by atoms with E-state index in [1.165, 1.54) is 193 Å². The van der Waals surface area contributed by atoms with E-state index in [2.05, 4.69) is 100 Å². The van der Waals surface area contributed by atoms with Gasteiger partial charge in [0.2, 0.25) is 11.5 Å². The van der Waals surface area contributed by atoms with Gasteiger partial charge in [0.25, 0.3) is 0 Å². The molecule has 7 aromatic rings. The maximum Gasteiger partial charge on any atom is 0.203 e. The van der Waals surface area contributed by atoms with Gasteiger partial charge in [-0.2, -0.15) is 42.1 Å². The molecule has 0 saturated heterocycles. The molecule has 0 aliphatic carbocycles. The van der Waals surface area contributed by atoms with E-state index in [9.17, 15) is 42.1 Å². The first kappa shape index (κ1) is 120. The van der Waals surface area contributed by atoms with Crippen LogP contribution in [-0.4, -0.2) is 87.8 Å². The van der Waals surface area contributed by atoms with Crippen molar-refractivity contribution in [1.29, 1.82) is 42.1 Å². The van der Waals surface area contributed by atoms with Crippen molar-refractivity contribution >= 4 is 80.0 Å². The van der Waals surface area contributed by atoms with Crippen molar-refractivity contribution in [3.63, 3.8) is 0 Å². The number of rotatable bonds is 76. The van der Waals surface area contributed by atoms with Crippen LogP contribution in [0.5, 0.6) is 34.5 Å². The fourth-order valence-corrected chi connectivity index (χ4v) is 20.0. The zero-order chi connectivity index (χ0) is 107. The number of nitrogens with zero attached hydrogens (tertiary/aromatic N) is 12. The molecule has 4 aromatic carbocycles. The second kappa shape index (κ2) is 70.7. The van der Waals surface area contributed by atoms with Crippen LogP contribution in [0.4, 0.5) is 11.4 Å². The molecule has 8 bridgehead atoms. The van der Waals surface area contributed by atoms with Gasteiger partial charge in [0, 0.05) is 106 Å². The Kier molecular flexibility index (Phi) is 56.7. The van der Waals surface area contributed by atoms with E-state index in [1.54, 1.807) is 24.3 Å². The summed E-state index contributed by atoms with van der Waals surface area (Å²) in [4.78, 5) is 23.2. The van der Waals surface area contributed by atoms with Crippen molar-refractivity contribution in [2.75, 3.05) is 77.6 Å². The molecule has 2 aliphatic rings. The number of hydrogen-bond donors (Lipinski definition) is 2. The highest BCUT2D eigenvalue weighted by Crippen LogP contribution is 2.50. The van der Waals surface area contributed by atoms with Crippen molar-refractivity contribution in [3.8, 4) is 105 Å². The van der Waals surface area contributed by atoms with Gasteiger partial charge >= 0.3 is 0 Å². The molecule has 0 fully saturated rings. The van der Waals surface area contributed by atoms with E-state index in [4.69, 9.17) is 38.4 Å². The molecular weight excluding hydrogens is 1850 g/mol. The minimum absolute atomic E-state index is 0.0124. The molecule has 20 nitrogen and oxygen atoms in total. The predicted octanol–water partition coefficient (Wildman–Crippen LogP) is 36.2. The SMILES string of the molecule is CCCCCCCCCCCOc1cc(-c2c3nc(c(C(=C(C#N)C#N)C(=C(C#N)C#N)c4ccc(N(C)C)cc4)c4ccc([nH]4)c(-c4cc(OCCCCCCCCCCC)c(OCCCCCCCCCCC)c(OCCCCCCCCCCC)c4)c4nc(c(C(=C(C#N)C#N)C(=C(C#N)C#N)c5ccc(N(C)C)cc5)c5ccc2[nH]5)C=C4)C=C3)cc(OCCCCCCCCCCC)c1OCCCCCCCCCCC. The third kappa shape index (κ3) is 38.3. The van der Waals surface area contributed by atoms with Crippen LogP contribution >= 0.6 is 0 Å². The maximum absolute atomic E-state index is 11.9. The molecule has 2 N–H and O–H groups in total. The summed E-state index contributed by atoms with van der Waals surface area (Å²) in [5.74, 6) is 2.78. The van der Waals surface area contributed by atoms with E-state index in [-0.39, 0.29) is 56.0 Å². The molecule has 0 spiro atoms. The molecular formula is C130H172N14O6. The van der Waals surface area contributed by atoms with E-state index in [0.717, 1.165) is 165 Å². The van der Waals surface area contributed by atoms with E-state index >= 15 is 0 Å². The highest BCUT2D eigenvalue weighted by Gasteiger charge is 2.32. The number of nitrogens with one attached hydrogen (secondary N) is 2. The molecule has 2 aliphatic heterocycles. The number of benzene rings is 4. The molecule has 5 heterocycles. The maximum atomic E-state index is 11.9. The lowest BCUT2D eigenvalue weighted by atomic mass is 9.85. The van der Waals surface area contributed by atoms with E-state index < -0.39 is 11.1 Å². The first-order valence-electron chi connectivity index (χ1n) is 57.7. The molecule has 0 radical (unpaired) electrons. The second-order valence-electron chi connectivity index (χ2n) is 40.9. The van der Waals surface area contributed by atoms with Crippen LogP contribution in [0, 0.1) is 90.6 Å². The van der Waals surface area contributed by atoms with Crippen LogP contribution in [-0.2, 0) is 0 Å². The van der Waals surface area contributed by atoms with Crippen molar-refractivity contribution in [3.05, 3.63) is 164 Å². The lowest BCUT2D eigenvalue weighted by Gasteiger charge is -2.20. The van der Waals surface area contributed by atoms with Crippen LogP contribution in [0.1, 0.15) is 433 Å². The predicted molar refractivity (Wildman–Crippen MR) is 620 cm³/mol. The molecule has 9 rings (SSSR count). The summed E-state index contributed by atoms with van der Waals surface area (Å²) in [6.07, 6.45) is 67.6. The number of hydrogen-bond acceptors (Lipinski definition) is 18. The summed E-state index contributed by atoms with van der Waals surface area (Å²) < 4.78 is 43.1. The first-order valence-corrected chi connectivity index (χ1v) is 57.7. The molecule has 0 amide bonds. The Morgan fingerprint density at radius 3 is 0.660 bits per heavy atom. The average Bonchev–Trinajstić information content (AvgIpc) is 1.66. The highest BCUT2D eigenvalue weighted by atomic mass is 16.5. The summed E-state index contributed by atoms with van der Waals surface area (Å²) in [5.41, 5.74) is 5.78. The number of fused-ring (bicyclic) bond motifs is 8. The van der Waals surface area contributed by atoms with Crippen LogP contribution in [0.2, 0.25) is 0 Å². The Hall–Kier alpha value is -13.2. The Bertz CT molecular complexity index is 5560. The molecule has 798 valence electrons. The van der Waals surface area contributed by atoms with Crippen molar-refractivity contribution in [2.24, 2.45) is 0 Å². The number of allylic oxidation sites excluding steroid dienone is 8. The number of unbranched alkanes of at least 4 members (excludes halogenated alkanes) is 48. The third-order valence-corrected chi connectivity index (χ3v) is 28.6. The minimum atomic E-state index is -0.417. The largest absolute Gasteiger partial charge is 0.490 e. The molecule has 0 saturated carbocycles. The number of H-pyrrole nitrogens is 2. The molecule has 0 unspecified atom stereocenters. The molecule has 150 heavy (non-hydrogen) atoms. The smallest absolute Gasteiger partial charge is 0.203 e. The van der Waals surface area contributed by atoms with Crippen LogP contribution in [0.3, 0.4) is 0 Å². The fourth-order valence-electron chi connectivity index (χ4n) is 20.0. The summed E-state index contributed by atoms with van der Waals surface area (Å²) in [6, 6.07) is 47.9. The van der Waals surface area contributed by atoms with Gasteiger partial charge in [-0.1, -0.05) is 374 Å². The van der Waals surface area contributed by atoms with Crippen LogP contribution in [0.15, 0.2) is 119 Å². The Labute approximate surface area is 900 Å². The lowest BCUT2D eigenvalue weighted by molar-refractivity contribution is 0.234. The third-order valence-electron chi connectivity index (χ3n) is 28.6. The zero-order valence-electron chi connectivity index (χ0n) is 92.8. The van der Waals surface area contributed by atoms with Crippen molar-refractivity contribution in [1.82, 2.24) is 19.9 Å². The monoisotopic (exact) mass is 2030 g/mol. The molecule has 3 aromatic heterocycles. The minimum Gasteiger partial charge on any atom is -0.490 e. The van der Waals surface area contributed by atoms with Gasteiger partial charge in [-0.25, -0.2) is 9.97 Å². The van der Waals surface area contributed by atoms with Crippen LogP contribution < -0.4 is 38.2 Å². The summed E-state index contributed by atoms with van der Waals surface area (Å²) >= 11 is 0. The molecule has 0 atom stereocenters. The lowest BCUT2D eigenvalue weighted by Crippen LogP contribution is -2.08. The summed E-state index contributed by atoms with van der Waals surface area (Å²) in [5, 5.41) is 93.5. The number of aromatic nitrogens is 4. The Balaban J connectivity index is 1.48. The average molecular weight is 2030 g/mol. The number of aromatic amines is 2. The van der Waals surface area contributed by atoms with Gasteiger partial charge in [0.1, 0.15) is 70.8 Å². The standard InChI is InChI=1S/C130H172N14O6/c1-11-17-23-29-35-41-47-53-59-81-145-117-87-101(88-118(146-82-60-54-48-42-36-30-24-18-12-2)129(117)149-85-63-57-51-45-39-33-27-21-15-5)123-109-73-77-113(139-109)127(125(105(95-135)96-136)121(103(91-131)92-132)99-65-69-107(70-66-99)143(7)8)115-79-75-111(141-115)124(112-76-80-116(142-112)128(114-78-74-110(123)140-114)126(106(97-137)98-138)122(104(93-133)94-134)100-67-71-108(72-68-100)144(9)10)102-89-119(147-83-61-55-49-43-37-31-25-19-13-3)130(150-86-64-58-52-46-40-34-28-22-16-6)120(90-102)148-84-62-56-50-44-38-32-26-20-14-4/h65-80,87-90,139,142H,11-64,81-86H2,1-10H3. The fraction of sp³-hybridized carbons (Fsp3) is 0.538. The second-order valence-corrected chi connectivity index (χ2v) is 40.9. The number of nitriles is 8. The van der Waals surface area contributed by atoms with Gasteiger partial charge in [0.15, 0.2) is 23.0 Å². The van der Waals surface area contributed by atoms with Gasteiger partial charge in [-0.05, 0) is 158 Å². The number of ether oxygens (including phenoxy) is 6. The first-order chi connectivity index (χ1) is 73.7. The van der Waals surface area contributed by atoms with Crippen molar-refractivity contribution in [2.45, 2.75) is 388 Å². The van der Waals surface area contributed by atoms with Gasteiger partial charge in [0.05, 0.1) is 62.4 Å². The van der Waals surface area contributed by atoms with E-state index in [1.807, 2.05) is 135 Å². The zero-order valence-corrected chi connectivity index (χ0v) is 92.8. The van der Waals surface area contributed by atoms with Crippen LogP contribution in [0.25, 0.3) is 90.9 Å². The summed E-state index contributed by atoms with van der Waals surface area (Å²) in [6.45, 7) is 15.7. The highest BCUT2D eigenvalue weighted by molar-refractivity contribution is 6.17. The Morgan fingerprint density at radius 2 is 0.440 bits per heavy atom. The summed E-state index contributed by atoms with van der Waals surface area (Å²) in [7, 11) is 7.65. The normalized spacial score (nSPS) is 11.2. The van der Waals surface area contributed by atoms with Gasteiger partial charge in [-0.3, -0.25) is 0 Å². The van der Waals surface area contributed by atoms with E-state index in [0.29, 0.717) is 141 Å². The Morgan fingerprint density at radius 1 is 0.240 bits per heavy atom. The van der Waals surface area contributed by atoms with Gasteiger partial charge < -0.3 is 48.2 Å². The molecule has 20 heteroatoms. The number of anilines is 2. The van der Waals surface area contributed by atoms with Gasteiger partial charge in [-0.15, -0.1) is 0 Å². The van der Waals surface area contributed by atoms with Crippen molar-refractivity contribution < 1.29 is 28.4 Å².